The van der Waals surface area contributed by atoms with Crippen LogP contribution in [0.1, 0.15) is 51.9 Å². The average Bonchev–Trinajstić information content (AvgIpc) is 2.78. The molecule has 1 aliphatic carbocycles. The molecule has 3 fully saturated rings. The summed E-state index contributed by atoms with van der Waals surface area (Å²) in [4.78, 5) is 2.67. The topological polar surface area (TPSA) is 24.5 Å². The molecule has 2 heterocycles. The van der Waals surface area contributed by atoms with Gasteiger partial charge in [0, 0.05) is 25.7 Å². The molecule has 3 atom stereocenters. The van der Waals surface area contributed by atoms with Crippen molar-refractivity contribution in [3.05, 3.63) is 0 Å². The minimum Gasteiger partial charge on any atom is -0.372 e. The lowest BCUT2D eigenvalue weighted by Crippen LogP contribution is -2.51. The van der Waals surface area contributed by atoms with E-state index in [0.717, 1.165) is 12.5 Å². The molecule has 2 saturated heterocycles. The van der Waals surface area contributed by atoms with Gasteiger partial charge >= 0.3 is 0 Å². The molecule has 2 bridgehead atoms. The summed E-state index contributed by atoms with van der Waals surface area (Å²) in [6.45, 7) is 6.95. The van der Waals surface area contributed by atoms with Crippen molar-refractivity contribution in [1.29, 1.82) is 0 Å². The normalized spacial score (nSPS) is 34.6. The van der Waals surface area contributed by atoms with Crippen molar-refractivity contribution in [2.24, 2.45) is 5.92 Å². The highest BCUT2D eigenvalue weighted by Gasteiger charge is 2.35. The molecule has 19 heavy (non-hydrogen) atoms. The third-order valence-corrected chi connectivity index (χ3v) is 5.26. The van der Waals surface area contributed by atoms with E-state index in [9.17, 15) is 0 Å². The van der Waals surface area contributed by atoms with Gasteiger partial charge in [-0.3, -0.25) is 4.90 Å². The predicted molar refractivity (Wildman–Crippen MR) is 78.4 cm³/mol. The number of hydrogen-bond donors (Lipinski definition) is 1. The summed E-state index contributed by atoms with van der Waals surface area (Å²) in [7, 11) is 0. The molecule has 0 radical (unpaired) electrons. The number of ether oxygens (including phenoxy) is 1. The summed E-state index contributed by atoms with van der Waals surface area (Å²) in [5.74, 6) is 0.911. The zero-order valence-electron chi connectivity index (χ0n) is 12.4. The number of likely N-dealkylation sites (N-methyl/N-ethyl adjacent to an activating group) is 1. The largest absolute Gasteiger partial charge is 0.372 e. The molecule has 110 valence electrons. The molecule has 0 aromatic heterocycles. The van der Waals surface area contributed by atoms with Crippen LogP contribution in [0, 0.1) is 5.92 Å². The van der Waals surface area contributed by atoms with Gasteiger partial charge in [0.15, 0.2) is 0 Å². The first-order valence-corrected chi connectivity index (χ1v) is 8.46. The second-order valence-corrected chi connectivity index (χ2v) is 6.74. The Labute approximate surface area is 118 Å². The summed E-state index contributed by atoms with van der Waals surface area (Å²) < 4.78 is 5.95. The van der Waals surface area contributed by atoms with Crippen LogP contribution in [0.4, 0.5) is 0 Å². The monoisotopic (exact) mass is 266 g/mol. The van der Waals surface area contributed by atoms with Crippen LogP contribution in [-0.4, -0.2) is 49.3 Å². The highest BCUT2D eigenvalue weighted by Crippen LogP contribution is 2.29. The van der Waals surface area contributed by atoms with E-state index in [1.807, 2.05) is 0 Å². The summed E-state index contributed by atoms with van der Waals surface area (Å²) >= 11 is 0. The molecule has 0 amide bonds. The van der Waals surface area contributed by atoms with Gasteiger partial charge in [0.1, 0.15) is 0 Å². The smallest absolute Gasteiger partial charge is 0.0707 e. The highest BCUT2D eigenvalue weighted by atomic mass is 16.5. The van der Waals surface area contributed by atoms with Crippen LogP contribution in [0.15, 0.2) is 0 Å². The first-order chi connectivity index (χ1) is 9.35. The second kappa shape index (κ2) is 6.55. The first kappa shape index (κ1) is 13.8. The molecule has 1 N–H and O–H groups in total. The molecular weight excluding hydrogens is 236 g/mol. The third-order valence-electron chi connectivity index (χ3n) is 5.26. The Morgan fingerprint density at radius 3 is 2.37 bits per heavy atom. The molecule has 0 aromatic carbocycles. The van der Waals surface area contributed by atoms with Gasteiger partial charge in [-0.15, -0.1) is 0 Å². The van der Waals surface area contributed by atoms with Gasteiger partial charge < -0.3 is 10.1 Å². The van der Waals surface area contributed by atoms with Crippen molar-refractivity contribution in [3.63, 3.8) is 0 Å². The van der Waals surface area contributed by atoms with Crippen LogP contribution in [0.25, 0.3) is 0 Å². The summed E-state index contributed by atoms with van der Waals surface area (Å²) in [5.41, 5.74) is 0. The maximum absolute atomic E-state index is 5.95. The van der Waals surface area contributed by atoms with Crippen molar-refractivity contribution >= 4 is 0 Å². The quantitative estimate of drug-likeness (QED) is 0.827. The van der Waals surface area contributed by atoms with E-state index in [2.05, 4.69) is 17.1 Å². The van der Waals surface area contributed by atoms with Crippen LogP contribution < -0.4 is 5.32 Å². The zero-order valence-corrected chi connectivity index (χ0v) is 12.4. The molecule has 3 rings (SSSR count). The van der Waals surface area contributed by atoms with Gasteiger partial charge in [-0.2, -0.15) is 0 Å². The first-order valence-electron chi connectivity index (χ1n) is 8.46. The van der Waals surface area contributed by atoms with Crippen molar-refractivity contribution < 1.29 is 4.74 Å². The summed E-state index contributed by atoms with van der Waals surface area (Å²) in [6, 6.07) is 0.711. The maximum atomic E-state index is 5.95. The molecule has 0 spiro atoms. The van der Waals surface area contributed by atoms with E-state index in [4.69, 9.17) is 4.74 Å². The fourth-order valence-electron chi connectivity index (χ4n) is 4.31. The van der Waals surface area contributed by atoms with Gasteiger partial charge in [0.2, 0.25) is 0 Å². The Morgan fingerprint density at radius 2 is 1.74 bits per heavy atom. The minimum absolute atomic E-state index is 0.535. The van der Waals surface area contributed by atoms with E-state index in [-0.39, 0.29) is 0 Å². The van der Waals surface area contributed by atoms with Gasteiger partial charge in [-0.05, 0) is 38.1 Å². The van der Waals surface area contributed by atoms with Crippen molar-refractivity contribution in [2.45, 2.75) is 70.1 Å². The van der Waals surface area contributed by atoms with Crippen LogP contribution >= 0.6 is 0 Å². The molecular formula is C16H30N2O. The van der Waals surface area contributed by atoms with Gasteiger partial charge in [0.05, 0.1) is 12.2 Å². The molecule has 3 heteroatoms. The average molecular weight is 266 g/mol. The van der Waals surface area contributed by atoms with Crippen LogP contribution in [0.5, 0.6) is 0 Å². The fourth-order valence-corrected chi connectivity index (χ4v) is 4.31. The number of morpholine rings is 1. The molecule has 0 aromatic rings. The van der Waals surface area contributed by atoms with Gasteiger partial charge in [-0.1, -0.05) is 26.2 Å². The third kappa shape index (κ3) is 3.50. The Bertz CT molecular complexity index is 266. The van der Waals surface area contributed by atoms with Crippen LogP contribution in [0.2, 0.25) is 0 Å². The van der Waals surface area contributed by atoms with E-state index in [0.29, 0.717) is 18.2 Å². The van der Waals surface area contributed by atoms with Gasteiger partial charge in [-0.25, -0.2) is 0 Å². The van der Waals surface area contributed by atoms with Crippen molar-refractivity contribution in [2.75, 3.05) is 26.2 Å². The number of fused-ring (bicyclic) bond motifs is 2. The minimum atomic E-state index is 0.535. The predicted octanol–water partition coefficient (Wildman–Crippen LogP) is 2.41. The second-order valence-electron chi connectivity index (χ2n) is 6.74. The number of rotatable bonds is 5. The number of nitrogens with zero attached hydrogens (tertiary/aromatic N) is 1. The molecule has 3 nitrogen and oxygen atoms in total. The number of nitrogens with one attached hydrogen (secondary N) is 1. The fraction of sp³-hybridized carbons (Fsp3) is 1.00. The molecule has 3 aliphatic rings. The molecule has 3 unspecified atom stereocenters. The highest BCUT2D eigenvalue weighted by molar-refractivity contribution is 4.89. The lowest BCUT2D eigenvalue weighted by Gasteiger charge is -2.38. The molecule has 2 aliphatic heterocycles. The van der Waals surface area contributed by atoms with E-state index in [1.165, 1.54) is 64.6 Å². The van der Waals surface area contributed by atoms with Crippen LogP contribution in [0.3, 0.4) is 0 Å². The van der Waals surface area contributed by atoms with Gasteiger partial charge in [0.25, 0.3) is 0 Å². The Kier molecular flexibility index (Phi) is 4.78. The standard InChI is InChI=1S/C16H30N2O/c1-2-17-16(13-6-4-3-5-7-13)12-18-10-14-8-9-15(11-18)19-14/h13-17H,2-12H2,1H3. The summed E-state index contributed by atoms with van der Waals surface area (Å²) in [5, 5.41) is 3.77. The number of hydrogen-bond acceptors (Lipinski definition) is 3. The SMILES string of the molecule is CCNC(CN1CC2CCC(C1)O2)C1CCCCC1. The Balaban J connectivity index is 1.54. The number of likely N-dealkylation sites (tertiary alicyclic amines) is 1. The lowest BCUT2D eigenvalue weighted by molar-refractivity contribution is -0.0429. The zero-order chi connectivity index (χ0) is 13.1. The Hall–Kier alpha value is -0.120. The van der Waals surface area contributed by atoms with E-state index in [1.54, 1.807) is 0 Å². The van der Waals surface area contributed by atoms with E-state index < -0.39 is 0 Å². The summed E-state index contributed by atoms with van der Waals surface area (Å²) in [6.07, 6.45) is 10.9. The maximum Gasteiger partial charge on any atom is 0.0707 e. The van der Waals surface area contributed by atoms with E-state index >= 15 is 0 Å². The lowest BCUT2D eigenvalue weighted by atomic mass is 9.83. The Morgan fingerprint density at radius 1 is 1.05 bits per heavy atom. The van der Waals surface area contributed by atoms with Crippen LogP contribution in [-0.2, 0) is 4.74 Å². The van der Waals surface area contributed by atoms with Crippen molar-refractivity contribution in [3.8, 4) is 0 Å². The molecule has 1 saturated carbocycles. The van der Waals surface area contributed by atoms with Crippen molar-refractivity contribution in [1.82, 2.24) is 10.2 Å².